The van der Waals surface area contributed by atoms with Gasteiger partial charge in [-0.25, -0.2) is 0 Å². The number of fused-ring (bicyclic) bond motifs is 1. The van der Waals surface area contributed by atoms with Crippen LogP contribution in [0.3, 0.4) is 0 Å². The number of hydrogen-bond acceptors (Lipinski definition) is 4. The van der Waals surface area contributed by atoms with Crippen LogP contribution in [0, 0.1) is 0 Å². The molecule has 0 aliphatic heterocycles. The Morgan fingerprint density at radius 3 is 2.59 bits per heavy atom. The van der Waals surface area contributed by atoms with Crippen LogP contribution >= 0.6 is 11.6 Å². The zero-order valence-corrected chi connectivity index (χ0v) is 11.9. The van der Waals surface area contributed by atoms with Crippen LogP contribution < -0.4 is 10.7 Å². The summed E-state index contributed by atoms with van der Waals surface area (Å²) in [5, 5.41) is 12.9. The van der Waals surface area contributed by atoms with Crippen LogP contribution in [-0.4, -0.2) is 11.0 Å². The van der Waals surface area contributed by atoms with Crippen molar-refractivity contribution < 1.29 is 14.3 Å². The van der Waals surface area contributed by atoms with E-state index in [4.69, 9.17) is 16.0 Å². The number of aromatic hydroxyl groups is 1. The zero-order valence-electron chi connectivity index (χ0n) is 11.2. The van der Waals surface area contributed by atoms with Gasteiger partial charge < -0.3 is 14.8 Å². The van der Waals surface area contributed by atoms with E-state index in [2.05, 4.69) is 5.32 Å². The summed E-state index contributed by atoms with van der Waals surface area (Å²) in [7, 11) is 0. The zero-order chi connectivity index (χ0) is 15.7. The van der Waals surface area contributed by atoms with Crippen molar-refractivity contribution in [3.63, 3.8) is 0 Å². The molecule has 1 amide bonds. The van der Waals surface area contributed by atoms with Gasteiger partial charge in [0.1, 0.15) is 28.5 Å². The Morgan fingerprint density at radius 2 is 1.86 bits per heavy atom. The lowest BCUT2D eigenvalue weighted by molar-refractivity contribution is 0.102. The minimum absolute atomic E-state index is 0.0220. The molecule has 1 aromatic heterocycles. The quantitative estimate of drug-likeness (QED) is 0.759. The second kappa shape index (κ2) is 5.54. The Kier molecular flexibility index (Phi) is 3.56. The third-order valence-corrected chi connectivity index (χ3v) is 3.38. The summed E-state index contributed by atoms with van der Waals surface area (Å²) in [6.07, 6.45) is 1.08. The lowest BCUT2D eigenvalue weighted by Gasteiger charge is -2.06. The first kappa shape index (κ1) is 14.2. The molecular weight excluding hydrogens is 306 g/mol. The average Bonchev–Trinajstić information content (AvgIpc) is 2.50. The van der Waals surface area contributed by atoms with Crippen LogP contribution in [0.5, 0.6) is 5.75 Å². The Morgan fingerprint density at radius 1 is 1.14 bits per heavy atom. The summed E-state index contributed by atoms with van der Waals surface area (Å²) in [5.74, 6) is -0.853. The molecule has 1 heterocycles. The van der Waals surface area contributed by atoms with Gasteiger partial charge in [0.15, 0.2) is 0 Å². The van der Waals surface area contributed by atoms with Crippen LogP contribution in [0.25, 0.3) is 11.0 Å². The van der Waals surface area contributed by atoms with E-state index < -0.39 is 11.3 Å². The van der Waals surface area contributed by atoms with Crippen molar-refractivity contribution in [2.45, 2.75) is 0 Å². The highest BCUT2D eigenvalue weighted by atomic mass is 35.5. The molecule has 0 saturated carbocycles. The van der Waals surface area contributed by atoms with Gasteiger partial charge in [-0.1, -0.05) is 17.7 Å². The normalized spacial score (nSPS) is 10.6. The Balaban J connectivity index is 2.01. The van der Waals surface area contributed by atoms with E-state index in [1.54, 1.807) is 30.3 Å². The molecule has 110 valence electrons. The molecular formula is C16H10ClNO4. The third kappa shape index (κ3) is 2.54. The number of nitrogens with one attached hydrogen (secondary N) is 1. The maximum Gasteiger partial charge on any atom is 0.262 e. The highest BCUT2D eigenvalue weighted by Crippen LogP contribution is 2.21. The fourth-order valence-electron chi connectivity index (χ4n) is 2.04. The first-order valence-corrected chi connectivity index (χ1v) is 6.74. The highest BCUT2D eigenvalue weighted by molar-refractivity contribution is 6.30. The van der Waals surface area contributed by atoms with Crippen LogP contribution in [-0.2, 0) is 0 Å². The van der Waals surface area contributed by atoms with Gasteiger partial charge >= 0.3 is 0 Å². The number of amides is 1. The number of carbonyl (C=O) groups is 1. The summed E-state index contributed by atoms with van der Waals surface area (Å²) in [4.78, 5) is 24.5. The highest BCUT2D eigenvalue weighted by Gasteiger charge is 2.16. The predicted octanol–water partition coefficient (Wildman–Crippen LogP) is 3.40. The second-order valence-corrected chi connectivity index (χ2v) is 5.03. The number of anilines is 1. The standard InChI is InChI=1S/C16H10ClNO4/c17-9-4-6-10(7-5-9)18-16(21)11-8-22-13-3-1-2-12(19)14(13)15(11)20/h1-8,19H,(H,18,21). The van der Waals surface area contributed by atoms with Crippen molar-refractivity contribution in [3.05, 3.63) is 69.5 Å². The van der Waals surface area contributed by atoms with E-state index in [9.17, 15) is 14.7 Å². The molecule has 0 unspecified atom stereocenters. The Hall–Kier alpha value is -2.79. The van der Waals surface area contributed by atoms with Gasteiger partial charge in [-0.05, 0) is 36.4 Å². The van der Waals surface area contributed by atoms with Crippen LogP contribution in [0.15, 0.2) is 57.9 Å². The maximum absolute atomic E-state index is 12.3. The number of halogens is 1. The molecule has 22 heavy (non-hydrogen) atoms. The summed E-state index contributed by atoms with van der Waals surface area (Å²) >= 11 is 5.77. The lowest BCUT2D eigenvalue weighted by Crippen LogP contribution is -2.21. The molecule has 2 aromatic carbocycles. The Labute approximate surface area is 129 Å². The Bertz CT molecular complexity index is 916. The van der Waals surface area contributed by atoms with Crippen molar-refractivity contribution >= 4 is 34.2 Å². The van der Waals surface area contributed by atoms with Gasteiger partial charge in [-0.3, -0.25) is 9.59 Å². The molecule has 0 aliphatic rings. The van der Waals surface area contributed by atoms with Crippen LogP contribution in [0.1, 0.15) is 10.4 Å². The molecule has 0 spiro atoms. The van der Waals surface area contributed by atoms with E-state index in [-0.39, 0.29) is 22.3 Å². The van der Waals surface area contributed by atoms with E-state index in [1.807, 2.05) is 0 Å². The summed E-state index contributed by atoms with van der Waals surface area (Å²) in [6, 6.07) is 10.9. The molecule has 0 bridgehead atoms. The van der Waals surface area contributed by atoms with Gasteiger partial charge in [0.05, 0.1) is 0 Å². The molecule has 0 radical (unpaired) electrons. The summed E-state index contributed by atoms with van der Waals surface area (Å²) in [5.41, 5.74) is -0.0750. The fourth-order valence-corrected chi connectivity index (χ4v) is 2.17. The van der Waals surface area contributed by atoms with E-state index >= 15 is 0 Å². The number of benzene rings is 2. The topological polar surface area (TPSA) is 79.5 Å². The fraction of sp³-hybridized carbons (Fsp3) is 0. The van der Waals surface area contributed by atoms with Crippen molar-refractivity contribution in [2.75, 3.05) is 5.32 Å². The van der Waals surface area contributed by atoms with Crippen molar-refractivity contribution in [1.29, 1.82) is 0 Å². The molecule has 3 aromatic rings. The predicted molar refractivity (Wildman–Crippen MR) is 83.6 cm³/mol. The SMILES string of the molecule is O=C(Nc1ccc(Cl)cc1)c1coc2cccc(O)c2c1=O. The molecule has 2 N–H and O–H groups in total. The second-order valence-electron chi connectivity index (χ2n) is 4.59. The number of phenols is 1. The molecule has 0 atom stereocenters. The molecule has 5 nitrogen and oxygen atoms in total. The number of rotatable bonds is 2. The molecule has 0 fully saturated rings. The third-order valence-electron chi connectivity index (χ3n) is 3.13. The monoisotopic (exact) mass is 315 g/mol. The number of carbonyl (C=O) groups excluding carboxylic acids is 1. The van der Waals surface area contributed by atoms with Gasteiger partial charge in [0.25, 0.3) is 5.91 Å². The first-order valence-electron chi connectivity index (χ1n) is 6.36. The molecule has 3 rings (SSSR count). The summed E-state index contributed by atoms with van der Waals surface area (Å²) < 4.78 is 5.24. The van der Waals surface area contributed by atoms with E-state index in [0.717, 1.165) is 6.26 Å². The minimum atomic E-state index is -0.624. The van der Waals surface area contributed by atoms with E-state index in [1.165, 1.54) is 12.1 Å². The average molecular weight is 316 g/mol. The van der Waals surface area contributed by atoms with Gasteiger partial charge in [0.2, 0.25) is 5.43 Å². The van der Waals surface area contributed by atoms with Crippen molar-refractivity contribution in [2.24, 2.45) is 0 Å². The maximum atomic E-state index is 12.3. The molecule has 0 saturated heterocycles. The minimum Gasteiger partial charge on any atom is -0.507 e. The number of hydrogen-bond donors (Lipinski definition) is 2. The first-order chi connectivity index (χ1) is 10.6. The van der Waals surface area contributed by atoms with Gasteiger partial charge in [0, 0.05) is 10.7 Å². The van der Waals surface area contributed by atoms with E-state index in [0.29, 0.717) is 10.7 Å². The summed E-state index contributed by atoms with van der Waals surface area (Å²) in [6.45, 7) is 0. The number of phenolic OH excluding ortho intramolecular Hbond substituents is 1. The van der Waals surface area contributed by atoms with Crippen LogP contribution in [0.2, 0.25) is 5.02 Å². The lowest BCUT2D eigenvalue weighted by atomic mass is 10.1. The van der Waals surface area contributed by atoms with Gasteiger partial charge in [-0.2, -0.15) is 0 Å². The van der Waals surface area contributed by atoms with Crippen molar-refractivity contribution in [3.8, 4) is 5.75 Å². The molecule has 0 aliphatic carbocycles. The van der Waals surface area contributed by atoms with Gasteiger partial charge in [-0.15, -0.1) is 0 Å². The smallest absolute Gasteiger partial charge is 0.262 e. The van der Waals surface area contributed by atoms with Crippen molar-refractivity contribution in [1.82, 2.24) is 0 Å². The molecule has 6 heteroatoms. The van der Waals surface area contributed by atoms with Crippen LogP contribution in [0.4, 0.5) is 5.69 Å². The largest absolute Gasteiger partial charge is 0.507 e.